The molecule has 0 aromatic rings. The molecule has 2 heteroatoms. The molecule has 0 bridgehead atoms. The molecule has 2 aliphatic rings. The molecule has 14 heavy (non-hydrogen) atoms. The molecule has 2 fully saturated rings. The van der Waals surface area contributed by atoms with Crippen molar-refractivity contribution in [3.05, 3.63) is 0 Å². The Morgan fingerprint density at radius 1 is 1.14 bits per heavy atom. The van der Waals surface area contributed by atoms with Crippen LogP contribution in [0.4, 0.5) is 0 Å². The Bertz CT molecular complexity index is 196. The first-order chi connectivity index (χ1) is 6.52. The Morgan fingerprint density at radius 3 is 2.29 bits per heavy atom. The van der Waals surface area contributed by atoms with E-state index in [9.17, 15) is 5.11 Å². The van der Waals surface area contributed by atoms with Crippen molar-refractivity contribution in [3.8, 4) is 0 Å². The van der Waals surface area contributed by atoms with Gasteiger partial charge in [0.25, 0.3) is 0 Å². The SMILES string of the molecule is CC1(O)CCC(C)(C2CCNC2)CC1. The quantitative estimate of drug-likeness (QED) is 0.673. The molecule has 0 radical (unpaired) electrons. The van der Waals surface area contributed by atoms with E-state index in [1.165, 1.54) is 32.4 Å². The maximum atomic E-state index is 9.93. The van der Waals surface area contributed by atoms with Crippen LogP contribution in [0.15, 0.2) is 0 Å². The van der Waals surface area contributed by atoms with Crippen molar-refractivity contribution >= 4 is 0 Å². The molecule has 2 nitrogen and oxygen atoms in total. The lowest BCUT2D eigenvalue weighted by atomic mass is 9.63. The highest BCUT2D eigenvalue weighted by Gasteiger charge is 2.41. The maximum absolute atomic E-state index is 9.93. The molecule has 0 spiro atoms. The second kappa shape index (κ2) is 3.49. The minimum Gasteiger partial charge on any atom is -0.390 e. The van der Waals surface area contributed by atoms with Crippen LogP contribution in [0, 0.1) is 11.3 Å². The summed E-state index contributed by atoms with van der Waals surface area (Å²) in [6, 6.07) is 0. The number of rotatable bonds is 1. The molecule has 2 rings (SSSR count). The van der Waals surface area contributed by atoms with Gasteiger partial charge in [-0.1, -0.05) is 6.92 Å². The Balaban J connectivity index is 1.97. The fourth-order valence-electron chi connectivity index (χ4n) is 3.02. The van der Waals surface area contributed by atoms with Crippen molar-refractivity contribution in [1.29, 1.82) is 0 Å². The second-order valence-corrected chi connectivity index (χ2v) is 5.84. The van der Waals surface area contributed by atoms with Gasteiger partial charge in [-0.15, -0.1) is 0 Å². The fourth-order valence-corrected chi connectivity index (χ4v) is 3.02. The van der Waals surface area contributed by atoms with Crippen molar-refractivity contribution in [2.45, 2.75) is 51.6 Å². The summed E-state index contributed by atoms with van der Waals surface area (Å²) in [5, 5.41) is 13.4. The van der Waals surface area contributed by atoms with Gasteiger partial charge in [-0.05, 0) is 63.5 Å². The zero-order valence-corrected chi connectivity index (χ0v) is 9.47. The highest BCUT2D eigenvalue weighted by molar-refractivity contribution is 4.94. The zero-order chi connectivity index (χ0) is 10.2. The molecule has 1 atom stereocenters. The normalized spacial score (nSPS) is 49.5. The lowest BCUT2D eigenvalue weighted by molar-refractivity contribution is -0.0299. The van der Waals surface area contributed by atoms with Crippen LogP contribution in [0.2, 0.25) is 0 Å². The van der Waals surface area contributed by atoms with E-state index in [4.69, 9.17) is 0 Å². The van der Waals surface area contributed by atoms with Crippen LogP contribution >= 0.6 is 0 Å². The highest BCUT2D eigenvalue weighted by atomic mass is 16.3. The van der Waals surface area contributed by atoms with Gasteiger partial charge in [0.05, 0.1) is 5.60 Å². The van der Waals surface area contributed by atoms with Crippen molar-refractivity contribution in [3.63, 3.8) is 0 Å². The average Bonchev–Trinajstić information content (AvgIpc) is 2.64. The minimum atomic E-state index is -0.383. The molecule has 1 heterocycles. The monoisotopic (exact) mass is 197 g/mol. The van der Waals surface area contributed by atoms with Crippen molar-refractivity contribution in [1.82, 2.24) is 5.32 Å². The largest absolute Gasteiger partial charge is 0.390 e. The van der Waals surface area contributed by atoms with E-state index >= 15 is 0 Å². The van der Waals surface area contributed by atoms with E-state index in [0.717, 1.165) is 18.8 Å². The van der Waals surface area contributed by atoms with E-state index in [0.29, 0.717) is 5.41 Å². The van der Waals surface area contributed by atoms with Crippen LogP contribution < -0.4 is 5.32 Å². The lowest BCUT2D eigenvalue weighted by Crippen LogP contribution is -2.39. The lowest BCUT2D eigenvalue weighted by Gasteiger charge is -2.44. The van der Waals surface area contributed by atoms with Gasteiger partial charge < -0.3 is 10.4 Å². The molecule has 0 amide bonds. The van der Waals surface area contributed by atoms with Gasteiger partial charge in [-0.2, -0.15) is 0 Å². The predicted molar refractivity (Wildman–Crippen MR) is 58.2 cm³/mol. The Labute approximate surface area is 87.1 Å². The number of aliphatic hydroxyl groups is 1. The molecule has 1 saturated carbocycles. The Kier molecular flexibility index (Phi) is 2.61. The summed E-state index contributed by atoms with van der Waals surface area (Å²) in [6.45, 7) is 6.79. The average molecular weight is 197 g/mol. The Hall–Kier alpha value is -0.0800. The van der Waals surface area contributed by atoms with Gasteiger partial charge in [0, 0.05) is 0 Å². The van der Waals surface area contributed by atoms with E-state index in [-0.39, 0.29) is 5.60 Å². The summed E-state index contributed by atoms with van der Waals surface area (Å²) in [5.41, 5.74) is 0.108. The van der Waals surface area contributed by atoms with E-state index in [1.807, 2.05) is 6.92 Å². The van der Waals surface area contributed by atoms with Crippen molar-refractivity contribution < 1.29 is 5.11 Å². The molecule has 1 aliphatic heterocycles. The highest BCUT2D eigenvalue weighted by Crippen LogP contribution is 2.47. The van der Waals surface area contributed by atoms with Crippen LogP contribution in [0.3, 0.4) is 0 Å². The molecule has 1 aliphatic carbocycles. The topological polar surface area (TPSA) is 32.3 Å². The van der Waals surface area contributed by atoms with Crippen LogP contribution in [0.25, 0.3) is 0 Å². The van der Waals surface area contributed by atoms with Crippen molar-refractivity contribution in [2.75, 3.05) is 13.1 Å². The molecular weight excluding hydrogens is 174 g/mol. The van der Waals surface area contributed by atoms with Gasteiger partial charge in [0.15, 0.2) is 0 Å². The summed E-state index contributed by atoms with van der Waals surface area (Å²) in [6.07, 6.45) is 5.71. The third-order valence-electron chi connectivity index (χ3n) is 4.52. The third kappa shape index (κ3) is 1.96. The second-order valence-electron chi connectivity index (χ2n) is 5.84. The van der Waals surface area contributed by atoms with Crippen LogP contribution in [-0.4, -0.2) is 23.8 Å². The molecular formula is C12H23NO. The number of hydrogen-bond donors (Lipinski definition) is 2. The maximum Gasteiger partial charge on any atom is 0.0620 e. The van der Waals surface area contributed by atoms with Gasteiger partial charge in [0.2, 0.25) is 0 Å². The Morgan fingerprint density at radius 2 is 1.79 bits per heavy atom. The first kappa shape index (κ1) is 10.4. The summed E-state index contributed by atoms with van der Waals surface area (Å²) in [5.74, 6) is 0.846. The number of hydrogen-bond acceptors (Lipinski definition) is 2. The summed E-state index contributed by atoms with van der Waals surface area (Å²) in [7, 11) is 0. The van der Waals surface area contributed by atoms with Gasteiger partial charge >= 0.3 is 0 Å². The summed E-state index contributed by atoms with van der Waals surface area (Å²) >= 11 is 0. The van der Waals surface area contributed by atoms with Gasteiger partial charge in [-0.3, -0.25) is 0 Å². The molecule has 82 valence electrons. The van der Waals surface area contributed by atoms with E-state index in [2.05, 4.69) is 12.2 Å². The first-order valence-corrected chi connectivity index (χ1v) is 5.95. The molecule has 0 aromatic carbocycles. The fraction of sp³-hybridized carbons (Fsp3) is 1.00. The summed E-state index contributed by atoms with van der Waals surface area (Å²) in [4.78, 5) is 0. The smallest absolute Gasteiger partial charge is 0.0620 e. The van der Waals surface area contributed by atoms with Crippen LogP contribution in [-0.2, 0) is 0 Å². The van der Waals surface area contributed by atoms with Gasteiger partial charge in [-0.25, -0.2) is 0 Å². The molecule has 2 N–H and O–H groups in total. The molecule has 1 saturated heterocycles. The number of nitrogens with one attached hydrogen (secondary N) is 1. The standard InChI is InChI=1S/C12H23NO/c1-11(10-3-8-13-9-10)4-6-12(2,14)7-5-11/h10,13-14H,3-9H2,1-2H3. The van der Waals surface area contributed by atoms with Crippen LogP contribution in [0.1, 0.15) is 46.0 Å². The van der Waals surface area contributed by atoms with Crippen LogP contribution in [0.5, 0.6) is 0 Å². The van der Waals surface area contributed by atoms with E-state index < -0.39 is 0 Å². The third-order valence-corrected chi connectivity index (χ3v) is 4.52. The molecule has 1 unspecified atom stereocenters. The zero-order valence-electron chi connectivity index (χ0n) is 9.47. The first-order valence-electron chi connectivity index (χ1n) is 5.95. The van der Waals surface area contributed by atoms with Gasteiger partial charge in [0.1, 0.15) is 0 Å². The summed E-state index contributed by atoms with van der Waals surface area (Å²) < 4.78 is 0. The molecule has 0 aromatic heterocycles. The van der Waals surface area contributed by atoms with E-state index in [1.54, 1.807) is 0 Å². The minimum absolute atomic E-state index is 0.383. The predicted octanol–water partition coefficient (Wildman–Crippen LogP) is 1.93. The van der Waals surface area contributed by atoms with Crippen molar-refractivity contribution in [2.24, 2.45) is 11.3 Å².